The lowest BCUT2D eigenvalue weighted by molar-refractivity contribution is 0.305. The smallest absolute Gasteiger partial charge is 0.166 e. The predicted molar refractivity (Wildman–Crippen MR) is 58.4 cm³/mol. The van der Waals surface area contributed by atoms with E-state index in [1.165, 1.54) is 0 Å². The molecule has 12 heavy (non-hydrogen) atoms. The van der Waals surface area contributed by atoms with Crippen LogP contribution < -0.4 is 10.1 Å². The minimum atomic E-state index is 0.205. The Kier molecular flexibility index (Phi) is 2.32. The first-order valence-corrected chi connectivity index (χ1v) is 5.22. The molecule has 0 spiro atoms. The summed E-state index contributed by atoms with van der Waals surface area (Å²) < 4.78 is 5.76. The fraction of sp³-hybridized carbons (Fsp3) is 0.250. The van der Waals surface area contributed by atoms with Crippen LogP contribution in [0.3, 0.4) is 0 Å². The summed E-state index contributed by atoms with van der Waals surface area (Å²) in [5, 5.41) is 3.97. The van der Waals surface area contributed by atoms with Gasteiger partial charge in [-0.2, -0.15) is 0 Å². The van der Waals surface area contributed by atoms with Gasteiger partial charge in [0.2, 0.25) is 0 Å². The highest BCUT2D eigenvalue weighted by molar-refractivity contribution is 14.1. The molecule has 1 aromatic carbocycles. The van der Waals surface area contributed by atoms with Crippen LogP contribution >= 0.6 is 34.2 Å². The second-order valence-electron chi connectivity index (χ2n) is 2.55. The van der Waals surface area contributed by atoms with E-state index in [0.717, 1.165) is 23.0 Å². The van der Waals surface area contributed by atoms with Crippen molar-refractivity contribution in [3.63, 3.8) is 0 Å². The number of fused-ring (bicyclic) bond motifs is 1. The fourth-order valence-corrected chi connectivity index (χ4v) is 1.78. The standard InChI is InChI=1S/C8H7ClINO/c9-5-1-2-7-6(3-5)11-4-8(10)12-7/h1-3,8,11H,4H2/t8-/m0/s1. The van der Waals surface area contributed by atoms with Crippen molar-refractivity contribution in [1.82, 2.24) is 0 Å². The number of alkyl halides is 1. The maximum absolute atomic E-state index is 5.82. The topological polar surface area (TPSA) is 21.3 Å². The van der Waals surface area contributed by atoms with Gasteiger partial charge in [0.1, 0.15) is 5.75 Å². The van der Waals surface area contributed by atoms with Gasteiger partial charge in [0.15, 0.2) is 4.11 Å². The minimum absolute atomic E-state index is 0.205. The zero-order chi connectivity index (χ0) is 8.55. The van der Waals surface area contributed by atoms with E-state index < -0.39 is 0 Å². The quantitative estimate of drug-likeness (QED) is 0.587. The van der Waals surface area contributed by atoms with Crippen LogP contribution in [-0.2, 0) is 0 Å². The third-order valence-corrected chi connectivity index (χ3v) is 2.58. The van der Waals surface area contributed by atoms with Crippen molar-refractivity contribution in [2.75, 3.05) is 11.9 Å². The van der Waals surface area contributed by atoms with Gasteiger partial charge in [0, 0.05) is 5.02 Å². The average Bonchev–Trinajstić information content (AvgIpc) is 2.05. The molecule has 0 bridgehead atoms. The third-order valence-electron chi connectivity index (χ3n) is 1.65. The molecule has 0 saturated heterocycles. The van der Waals surface area contributed by atoms with E-state index >= 15 is 0 Å². The van der Waals surface area contributed by atoms with Crippen LogP contribution in [0.2, 0.25) is 5.02 Å². The highest BCUT2D eigenvalue weighted by Gasteiger charge is 2.15. The van der Waals surface area contributed by atoms with Gasteiger partial charge >= 0.3 is 0 Å². The van der Waals surface area contributed by atoms with Crippen LogP contribution in [0, 0.1) is 0 Å². The summed E-state index contributed by atoms with van der Waals surface area (Å²) in [6.07, 6.45) is 0. The molecule has 1 atom stereocenters. The number of benzene rings is 1. The third kappa shape index (κ3) is 1.61. The number of hydrogen-bond donors (Lipinski definition) is 1. The van der Waals surface area contributed by atoms with E-state index in [1.807, 2.05) is 18.2 Å². The minimum Gasteiger partial charge on any atom is -0.476 e. The van der Waals surface area contributed by atoms with E-state index in [9.17, 15) is 0 Å². The van der Waals surface area contributed by atoms with E-state index in [-0.39, 0.29) is 4.11 Å². The molecule has 0 aliphatic carbocycles. The van der Waals surface area contributed by atoms with Crippen LogP contribution in [0.5, 0.6) is 5.75 Å². The summed E-state index contributed by atoms with van der Waals surface area (Å²) in [7, 11) is 0. The predicted octanol–water partition coefficient (Wildman–Crippen LogP) is 2.91. The first-order chi connectivity index (χ1) is 5.75. The molecule has 0 amide bonds. The molecule has 0 fully saturated rings. The number of anilines is 1. The molecule has 2 rings (SSSR count). The van der Waals surface area contributed by atoms with Crippen LogP contribution in [0.1, 0.15) is 0 Å². The second kappa shape index (κ2) is 3.30. The van der Waals surface area contributed by atoms with Gasteiger partial charge < -0.3 is 10.1 Å². The summed E-state index contributed by atoms with van der Waals surface area (Å²) in [5.74, 6) is 0.880. The number of hydrogen-bond acceptors (Lipinski definition) is 2. The number of nitrogens with one attached hydrogen (secondary N) is 1. The lowest BCUT2D eigenvalue weighted by Gasteiger charge is -2.23. The fourth-order valence-electron chi connectivity index (χ4n) is 1.11. The molecule has 0 radical (unpaired) electrons. The zero-order valence-electron chi connectivity index (χ0n) is 6.18. The Balaban J connectivity index is 2.37. The van der Waals surface area contributed by atoms with Gasteiger partial charge in [-0.15, -0.1) is 0 Å². The summed E-state index contributed by atoms with van der Waals surface area (Å²) >= 11 is 8.06. The van der Waals surface area contributed by atoms with Gasteiger partial charge in [-0.1, -0.05) is 11.6 Å². The summed E-state index contributed by atoms with van der Waals surface area (Å²) in [6, 6.07) is 5.59. The molecule has 0 unspecified atom stereocenters. The maximum Gasteiger partial charge on any atom is 0.166 e. The molecule has 0 aromatic heterocycles. The lowest BCUT2D eigenvalue weighted by Crippen LogP contribution is -2.24. The molecular weight excluding hydrogens is 288 g/mol. The molecule has 1 aliphatic heterocycles. The van der Waals surface area contributed by atoms with Crippen LogP contribution in [0.4, 0.5) is 5.69 Å². The normalized spacial score (nSPS) is 20.7. The monoisotopic (exact) mass is 295 g/mol. The second-order valence-corrected chi connectivity index (χ2v) is 4.38. The summed E-state index contributed by atoms with van der Waals surface area (Å²) in [4.78, 5) is 0. The highest BCUT2D eigenvalue weighted by Crippen LogP contribution is 2.32. The molecule has 4 heteroatoms. The van der Waals surface area contributed by atoms with Crippen molar-refractivity contribution in [3.8, 4) is 5.75 Å². The molecule has 2 nitrogen and oxygen atoms in total. The Morgan fingerprint density at radius 2 is 2.42 bits per heavy atom. The van der Waals surface area contributed by atoms with Crippen LogP contribution in [0.15, 0.2) is 18.2 Å². The summed E-state index contributed by atoms with van der Waals surface area (Å²) in [6.45, 7) is 0.827. The molecule has 1 N–H and O–H groups in total. The van der Waals surface area contributed by atoms with E-state index in [4.69, 9.17) is 16.3 Å². The van der Waals surface area contributed by atoms with Gasteiger partial charge in [0.05, 0.1) is 12.2 Å². The molecule has 64 valence electrons. The lowest BCUT2D eigenvalue weighted by atomic mass is 10.2. The molecule has 1 aliphatic rings. The maximum atomic E-state index is 5.82. The Bertz CT molecular complexity index is 305. The van der Waals surface area contributed by atoms with Crippen molar-refractivity contribution in [1.29, 1.82) is 0 Å². The largest absolute Gasteiger partial charge is 0.476 e. The van der Waals surface area contributed by atoms with Crippen LogP contribution in [0.25, 0.3) is 0 Å². The van der Waals surface area contributed by atoms with Crippen molar-refractivity contribution in [2.24, 2.45) is 0 Å². The Morgan fingerprint density at radius 3 is 3.25 bits per heavy atom. The van der Waals surface area contributed by atoms with Gasteiger partial charge in [-0.05, 0) is 40.8 Å². The molecule has 1 aromatic rings. The van der Waals surface area contributed by atoms with Crippen LogP contribution in [-0.4, -0.2) is 10.7 Å². The van der Waals surface area contributed by atoms with E-state index in [2.05, 4.69) is 27.9 Å². The zero-order valence-corrected chi connectivity index (χ0v) is 9.09. The number of ether oxygens (including phenoxy) is 1. The van der Waals surface area contributed by atoms with Gasteiger partial charge in [-0.3, -0.25) is 0 Å². The molecular formula is C8H7ClINO. The first kappa shape index (κ1) is 8.44. The molecule has 0 saturated carbocycles. The van der Waals surface area contributed by atoms with Crippen molar-refractivity contribution >= 4 is 39.9 Å². The Hall–Kier alpha value is -0.160. The SMILES string of the molecule is Clc1ccc2c(c1)NC[C@@H](I)O2. The Morgan fingerprint density at radius 1 is 1.58 bits per heavy atom. The summed E-state index contributed by atoms with van der Waals surface area (Å²) in [5.41, 5.74) is 0.982. The van der Waals surface area contributed by atoms with E-state index in [1.54, 1.807) is 0 Å². The molecule has 1 heterocycles. The number of rotatable bonds is 0. The van der Waals surface area contributed by atoms with Crippen molar-refractivity contribution in [3.05, 3.63) is 23.2 Å². The van der Waals surface area contributed by atoms with E-state index in [0.29, 0.717) is 0 Å². The van der Waals surface area contributed by atoms with Gasteiger partial charge in [-0.25, -0.2) is 0 Å². The van der Waals surface area contributed by atoms with Crippen molar-refractivity contribution < 1.29 is 4.74 Å². The average molecular weight is 296 g/mol. The number of halogens is 2. The van der Waals surface area contributed by atoms with Crippen molar-refractivity contribution in [2.45, 2.75) is 4.11 Å². The Labute approximate surface area is 89.4 Å². The first-order valence-electron chi connectivity index (χ1n) is 3.60. The highest BCUT2D eigenvalue weighted by atomic mass is 127. The van der Waals surface area contributed by atoms with Gasteiger partial charge in [0.25, 0.3) is 0 Å².